The molecule has 1 N–H and O–H groups in total. The van der Waals surface area contributed by atoms with Gasteiger partial charge in [0.2, 0.25) is 5.91 Å². The van der Waals surface area contributed by atoms with E-state index in [1.807, 2.05) is 0 Å². The average Bonchev–Trinajstić information content (AvgIpc) is 2.62. The van der Waals surface area contributed by atoms with Crippen LogP contribution >= 0.6 is 0 Å². The molecule has 1 amide bonds. The number of hydrogen-bond donors (Lipinski definition) is 1. The number of esters is 1. The van der Waals surface area contributed by atoms with E-state index in [-0.39, 0.29) is 24.7 Å². The third-order valence-corrected chi connectivity index (χ3v) is 3.58. The van der Waals surface area contributed by atoms with Crippen LogP contribution in [0.3, 0.4) is 0 Å². The maximum absolute atomic E-state index is 12.2. The first-order valence-corrected chi connectivity index (χ1v) is 8.11. The molecule has 2 aromatic carbocycles. The van der Waals surface area contributed by atoms with Crippen LogP contribution in [-0.4, -0.2) is 32.0 Å². The first kappa shape index (κ1) is 21.1. The van der Waals surface area contributed by atoms with Crippen molar-refractivity contribution in [3.05, 3.63) is 53.6 Å². The molecule has 2 rings (SSSR count). The Morgan fingerprint density at radius 3 is 2.25 bits per heavy atom. The third kappa shape index (κ3) is 6.82. The van der Waals surface area contributed by atoms with E-state index < -0.39 is 12.3 Å². The first-order chi connectivity index (χ1) is 13.2. The SMILES string of the molecule is COC(=O)COc1ccc(NC(=O)Cc2ccc(OC(F)(F)F)cc2)c(C)c1. The Hall–Kier alpha value is -3.23. The lowest BCUT2D eigenvalue weighted by Gasteiger charge is -2.12. The molecular weight excluding hydrogens is 379 g/mol. The Balaban J connectivity index is 1.93. The molecule has 0 heterocycles. The highest BCUT2D eigenvalue weighted by Gasteiger charge is 2.30. The zero-order chi connectivity index (χ0) is 20.7. The lowest BCUT2D eigenvalue weighted by Crippen LogP contribution is -2.17. The van der Waals surface area contributed by atoms with Crippen molar-refractivity contribution in [1.29, 1.82) is 0 Å². The molecule has 0 saturated carbocycles. The Morgan fingerprint density at radius 2 is 1.68 bits per heavy atom. The number of benzene rings is 2. The van der Waals surface area contributed by atoms with Gasteiger partial charge < -0.3 is 19.5 Å². The number of carbonyl (C=O) groups excluding carboxylic acids is 2. The molecule has 28 heavy (non-hydrogen) atoms. The van der Waals surface area contributed by atoms with Crippen molar-refractivity contribution in [1.82, 2.24) is 0 Å². The van der Waals surface area contributed by atoms with Gasteiger partial charge in [0.05, 0.1) is 13.5 Å². The molecule has 0 aliphatic rings. The quantitative estimate of drug-likeness (QED) is 0.723. The highest BCUT2D eigenvalue weighted by Crippen LogP contribution is 2.24. The molecule has 0 bridgehead atoms. The number of alkyl halides is 3. The van der Waals surface area contributed by atoms with Gasteiger partial charge in [0.25, 0.3) is 0 Å². The van der Waals surface area contributed by atoms with Gasteiger partial charge in [-0.05, 0) is 48.4 Å². The molecule has 0 spiro atoms. The number of amides is 1. The van der Waals surface area contributed by atoms with E-state index in [0.29, 0.717) is 22.6 Å². The minimum atomic E-state index is -4.76. The number of nitrogens with one attached hydrogen (secondary N) is 1. The number of anilines is 1. The number of aryl methyl sites for hydroxylation is 1. The van der Waals surface area contributed by atoms with Gasteiger partial charge in [0.15, 0.2) is 6.61 Å². The van der Waals surface area contributed by atoms with Gasteiger partial charge in [-0.15, -0.1) is 13.2 Å². The van der Waals surface area contributed by atoms with Crippen LogP contribution in [0.2, 0.25) is 0 Å². The first-order valence-electron chi connectivity index (χ1n) is 8.11. The van der Waals surface area contributed by atoms with Crippen LogP contribution in [0.4, 0.5) is 18.9 Å². The van der Waals surface area contributed by atoms with Crippen molar-refractivity contribution in [2.45, 2.75) is 19.7 Å². The van der Waals surface area contributed by atoms with E-state index in [0.717, 1.165) is 12.1 Å². The molecule has 0 aromatic heterocycles. The van der Waals surface area contributed by atoms with Crippen molar-refractivity contribution < 1.29 is 37.0 Å². The van der Waals surface area contributed by atoms with E-state index in [9.17, 15) is 22.8 Å². The second-order valence-electron chi connectivity index (χ2n) is 5.76. The maximum Gasteiger partial charge on any atom is 0.573 e. The normalized spacial score (nSPS) is 10.9. The summed E-state index contributed by atoms with van der Waals surface area (Å²) >= 11 is 0. The minimum Gasteiger partial charge on any atom is -0.482 e. The van der Waals surface area contributed by atoms with E-state index in [4.69, 9.17) is 4.74 Å². The molecule has 0 radical (unpaired) electrons. The van der Waals surface area contributed by atoms with Crippen molar-refractivity contribution in [2.24, 2.45) is 0 Å². The van der Waals surface area contributed by atoms with Crippen LogP contribution in [0.5, 0.6) is 11.5 Å². The third-order valence-electron chi connectivity index (χ3n) is 3.58. The van der Waals surface area contributed by atoms with Crippen molar-refractivity contribution in [3.8, 4) is 11.5 Å². The highest BCUT2D eigenvalue weighted by atomic mass is 19.4. The van der Waals surface area contributed by atoms with Crippen LogP contribution in [0.1, 0.15) is 11.1 Å². The number of halogens is 3. The summed E-state index contributed by atoms with van der Waals surface area (Å²) in [6, 6.07) is 9.94. The van der Waals surface area contributed by atoms with Crippen LogP contribution in [0.25, 0.3) is 0 Å². The fourth-order valence-corrected chi connectivity index (χ4v) is 2.26. The lowest BCUT2D eigenvalue weighted by molar-refractivity contribution is -0.274. The predicted molar refractivity (Wildman–Crippen MR) is 94.1 cm³/mol. The molecule has 0 aliphatic heterocycles. The average molecular weight is 397 g/mol. The van der Waals surface area contributed by atoms with Crippen LogP contribution in [-0.2, 0) is 20.7 Å². The predicted octanol–water partition coefficient (Wildman–Crippen LogP) is 3.63. The van der Waals surface area contributed by atoms with Crippen molar-refractivity contribution in [3.63, 3.8) is 0 Å². The standard InChI is InChI=1S/C19H18F3NO5/c1-12-9-15(27-11-18(25)26-2)7-8-16(12)23-17(24)10-13-3-5-14(6-4-13)28-19(20,21)22/h3-9H,10-11H2,1-2H3,(H,23,24). The largest absolute Gasteiger partial charge is 0.573 e. The van der Waals surface area contributed by atoms with Crippen LogP contribution < -0.4 is 14.8 Å². The van der Waals surface area contributed by atoms with Gasteiger partial charge in [0.1, 0.15) is 11.5 Å². The second kappa shape index (κ2) is 9.12. The number of ether oxygens (including phenoxy) is 3. The molecule has 6 nitrogen and oxygen atoms in total. The number of methoxy groups -OCH3 is 1. The maximum atomic E-state index is 12.2. The van der Waals surface area contributed by atoms with Gasteiger partial charge in [-0.2, -0.15) is 0 Å². The van der Waals surface area contributed by atoms with E-state index in [1.54, 1.807) is 25.1 Å². The zero-order valence-corrected chi connectivity index (χ0v) is 15.1. The second-order valence-corrected chi connectivity index (χ2v) is 5.76. The fraction of sp³-hybridized carbons (Fsp3) is 0.263. The Kier molecular flexibility index (Phi) is 6.86. The summed E-state index contributed by atoms with van der Waals surface area (Å²) in [5.41, 5.74) is 1.79. The molecule has 0 aliphatic carbocycles. The summed E-state index contributed by atoms with van der Waals surface area (Å²) in [4.78, 5) is 23.2. The fourth-order valence-electron chi connectivity index (χ4n) is 2.26. The minimum absolute atomic E-state index is 0.0215. The number of hydrogen-bond acceptors (Lipinski definition) is 5. The van der Waals surface area contributed by atoms with Gasteiger partial charge in [-0.25, -0.2) is 4.79 Å². The van der Waals surface area contributed by atoms with Gasteiger partial charge in [0, 0.05) is 5.69 Å². The summed E-state index contributed by atoms with van der Waals surface area (Å²) in [6.45, 7) is 1.53. The molecule has 0 saturated heterocycles. The molecule has 9 heteroatoms. The topological polar surface area (TPSA) is 73.9 Å². The Labute approximate surface area is 159 Å². The molecule has 0 atom stereocenters. The summed E-state index contributed by atoms with van der Waals surface area (Å²) in [5.74, 6) is -0.756. The van der Waals surface area contributed by atoms with E-state index in [1.165, 1.54) is 19.2 Å². The van der Waals surface area contributed by atoms with Crippen LogP contribution in [0.15, 0.2) is 42.5 Å². The Bertz CT molecular complexity index is 834. The van der Waals surface area contributed by atoms with Crippen molar-refractivity contribution >= 4 is 17.6 Å². The van der Waals surface area contributed by atoms with Gasteiger partial charge in [-0.3, -0.25) is 4.79 Å². The van der Waals surface area contributed by atoms with E-state index in [2.05, 4.69) is 14.8 Å². The highest BCUT2D eigenvalue weighted by molar-refractivity contribution is 5.93. The Morgan fingerprint density at radius 1 is 1.04 bits per heavy atom. The molecule has 2 aromatic rings. The molecule has 0 unspecified atom stereocenters. The summed E-state index contributed by atoms with van der Waals surface area (Å²) < 4.78 is 50.0. The zero-order valence-electron chi connectivity index (χ0n) is 15.1. The van der Waals surface area contributed by atoms with Gasteiger partial charge in [-0.1, -0.05) is 12.1 Å². The smallest absolute Gasteiger partial charge is 0.482 e. The molecule has 150 valence electrons. The molecular formula is C19H18F3NO5. The van der Waals surface area contributed by atoms with Gasteiger partial charge >= 0.3 is 12.3 Å². The summed E-state index contributed by atoms with van der Waals surface area (Å²) in [6.07, 6.45) is -4.78. The lowest BCUT2D eigenvalue weighted by atomic mass is 10.1. The number of rotatable bonds is 7. The van der Waals surface area contributed by atoms with Crippen molar-refractivity contribution in [2.75, 3.05) is 19.0 Å². The molecule has 0 fully saturated rings. The monoisotopic (exact) mass is 397 g/mol. The summed E-state index contributed by atoms with van der Waals surface area (Å²) in [5, 5.41) is 2.72. The van der Waals surface area contributed by atoms with E-state index >= 15 is 0 Å². The number of carbonyl (C=O) groups is 2. The summed E-state index contributed by atoms with van der Waals surface area (Å²) in [7, 11) is 1.26. The van der Waals surface area contributed by atoms with Crippen LogP contribution in [0, 0.1) is 6.92 Å².